The van der Waals surface area contributed by atoms with E-state index in [1.807, 2.05) is 0 Å². The number of carbonyl (C=O) groups excluding carboxylic acids is 1. The molecule has 0 aromatic rings. The summed E-state index contributed by atoms with van der Waals surface area (Å²) in [6.45, 7) is 1.37. The Labute approximate surface area is 100 Å². The van der Waals surface area contributed by atoms with E-state index >= 15 is 0 Å². The molecule has 1 atom stereocenters. The van der Waals surface area contributed by atoms with Crippen molar-refractivity contribution in [2.75, 3.05) is 26.2 Å². The third-order valence-electron chi connectivity index (χ3n) is 4.25. The molecular weight excluding hydrogens is 220 g/mol. The fraction of sp³-hybridized carbons (Fsp3) is 0.909. The van der Waals surface area contributed by atoms with Crippen molar-refractivity contribution < 1.29 is 9.90 Å². The number of aliphatic hydroxyl groups is 1. The molecule has 17 heavy (non-hydrogen) atoms. The predicted octanol–water partition coefficient (Wildman–Crippen LogP) is 1.31. The van der Waals surface area contributed by atoms with Crippen molar-refractivity contribution in [2.24, 2.45) is 16.4 Å². The zero-order valence-electron chi connectivity index (χ0n) is 9.88. The van der Waals surface area contributed by atoms with Gasteiger partial charge in [0.1, 0.15) is 6.54 Å². The highest BCUT2D eigenvalue weighted by atomic mass is 16.3. The van der Waals surface area contributed by atoms with Crippen LogP contribution >= 0.6 is 0 Å². The molecule has 1 amide bonds. The van der Waals surface area contributed by atoms with Crippen LogP contribution in [0, 0.1) is 11.3 Å². The number of hydrogen-bond donors (Lipinski definition) is 1. The lowest BCUT2D eigenvalue weighted by atomic mass is 9.77. The molecular formula is C11H18N4O2. The maximum atomic E-state index is 11.8. The summed E-state index contributed by atoms with van der Waals surface area (Å²) in [6.07, 6.45) is 4.58. The lowest BCUT2D eigenvalue weighted by Crippen LogP contribution is -2.32. The topological polar surface area (TPSA) is 89.3 Å². The molecule has 1 unspecified atom stereocenters. The van der Waals surface area contributed by atoms with Gasteiger partial charge in [-0.15, -0.1) is 0 Å². The van der Waals surface area contributed by atoms with Crippen LogP contribution in [0.25, 0.3) is 10.4 Å². The van der Waals surface area contributed by atoms with Crippen molar-refractivity contribution in [1.29, 1.82) is 0 Å². The highest BCUT2D eigenvalue weighted by molar-refractivity contribution is 5.78. The Morgan fingerprint density at radius 3 is 2.82 bits per heavy atom. The Bertz CT molecular complexity index is 345. The summed E-state index contributed by atoms with van der Waals surface area (Å²) < 4.78 is 0. The third-order valence-corrected chi connectivity index (χ3v) is 4.25. The second-order valence-corrected chi connectivity index (χ2v) is 5.11. The summed E-state index contributed by atoms with van der Waals surface area (Å²) in [5, 5.41) is 12.8. The minimum Gasteiger partial charge on any atom is -0.396 e. The molecule has 1 heterocycles. The van der Waals surface area contributed by atoms with Gasteiger partial charge in [0.05, 0.1) is 0 Å². The van der Waals surface area contributed by atoms with Gasteiger partial charge in [0.15, 0.2) is 0 Å². The van der Waals surface area contributed by atoms with Crippen molar-refractivity contribution in [1.82, 2.24) is 4.90 Å². The first kappa shape index (κ1) is 12.2. The van der Waals surface area contributed by atoms with Crippen molar-refractivity contribution in [3.05, 3.63) is 10.4 Å². The summed E-state index contributed by atoms with van der Waals surface area (Å²) in [4.78, 5) is 16.1. The maximum Gasteiger partial charge on any atom is 0.228 e. The fourth-order valence-corrected chi connectivity index (χ4v) is 3.31. The van der Waals surface area contributed by atoms with Crippen LogP contribution in [0.5, 0.6) is 0 Å². The van der Waals surface area contributed by atoms with E-state index < -0.39 is 0 Å². The van der Waals surface area contributed by atoms with E-state index in [4.69, 9.17) is 5.53 Å². The molecule has 1 saturated carbocycles. The molecule has 1 aliphatic heterocycles. The lowest BCUT2D eigenvalue weighted by Gasteiger charge is -2.28. The molecule has 0 bridgehead atoms. The molecule has 1 N–H and O–H groups in total. The van der Waals surface area contributed by atoms with E-state index in [2.05, 4.69) is 10.0 Å². The van der Waals surface area contributed by atoms with Crippen LogP contribution in [0.15, 0.2) is 5.11 Å². The second-order valence-electron chi connectivity index (χ2n) is 5.11. The SMILES string of the molecule is [N-]=[N+]=NCC(=O)N1CC(CO)C2(CCCC2)C1. The van der Waals surface area contributed by atoms with Gasteiger partial charge in [-0.1, -0.05) is 18.0 Å². The average Bonchev–Trinajstić information content (AvgIpc) is 2.94. The van der Waals surface area contributed by atoms with Gasteiger partial charge < -0.3 is 10.0 Å². The summed E-state index contributed by atoms with van der Waals surface area (Å²) in [7, 11) is 0. The van der Waals surface area contributed by atoms with Gasteiger partial charge >= 0.3 is 0 Å². The van der Waals surface area contributed by atoms with Crippen LogP contribution < -0.4 is 0 Å². The molecule has 1 aliphatic carbocycles. The normalized spacial score (nSPS) is 26.2. The van der Waals surface area contributed by atoms with Crippen LogP contribution in [-0.2, 0) is 4.79 Å². The van der Waals surface area contributed by atoms with Crippen LogP contribution in [0.3, 0.4) is 0 Å². The largest absolute Gasteiger partial charge is 0.396 e. The number of likely N-dealkylation sites (tertiary alicyclic amines) is 1. The smallest absolute Gasteiger partial charge is 0.228 e. The van der Waals surface area contributed by atoms with Crippen molar-refractivity contribution >= 4 is 5.91 Å². The Balaban J connectivity index is 2.04. The Morgan fingerprint density at radius 1 is 1.53 bits per heavy atom. The quantitative estimate of drug-likeness (QED) is 0.456. The molecule has 2 fully saturated rings. The second kappa shape index (κ2) is 4.94. The average molecular weight is 238 g/mol. The number of aliphatic hydroxyl groups excluding tert-OH is 1. The van der Waals surface area contributed by atoms with Gasteiger partial charge in [-0.3, -0.25) is 4.79 Å². The summed E-state index contributed by atoms with van der Waals surface area (Å²) in [6, 6.07) is 0. The monoisotopic (exact) mass is 238 g/mol. The summed E-state index contributed by atoms with van der Waals surface area (Å²) >= 11 is 0. The van der Waals surface area contributed by atoms with Gasteiger partial charge in [-0.25, -0.2) is 0 Å². The maximum absolute atomic E-state index is 11.8. The number of carbonyl (C=O) groups is 1. The first-order valence-corrected chi connectivity index (χ1v) is 6.11. The number of amides is 1. The Kier molecular flexibility index (Phi) is 3.54. The number of hydrogen-bond acceptors (Lipinski definition) is 3. The molecule has 6 nitrogen and oxygen atoms in total. The summed E-state index contributed by atoms with van der Waals surface area (Å²) in [5.74, 6) is 0.0741. The van der Waals surface area contributed by atoms with Gasteiger partial charge in [0.2, 0.25) is 5.91 Å². The van der Waals surface area contributed by atoms with E-state index in [1.165, 1.54) is 12.8 Å². The van der Waals surface area contributed by atoms with Gasteiger partial charge in [0, 0.05) is 30.5 Å². The minimum atomic E-state index is -0.120. The van der Waals surface area contributed by atoms with E-state index in [0.29, 0.717) is 6.54 Å². The molecule has 0 aromatic heterocycles. The molecule has 0 aromatic carbocycles. The Hall–Kier alpha value is -1.26. The highest BCUT2D eigenvalue weighted by Gasteiger charge is 2.48. The van der Waals surface area contributed by atoms with Crippen molar-refractivity contribution in [3.63, 3.8) is 0 Å². The number of nitrogens with zero attached hydrogens (tertiary/aromatic N) is 4. The highest BCUT2D eigenvalue weighted by Crippen LogP contribution is 2.48. The summed E-state index contributed by atoms with van der Waals surface area (Å²) in [5.41, 5.74) is 8.33. The number of azide groups is 1. The van der Waals surface area contributed by atoms with Crippen molar-refractivity contribution in [2.45, 2.75) is 25.7 Å². The third kappa shape index (κ3) is 2.23. The van der Waals surface area contributed by atoms with E-state index in [0.717, 1.165) is 19.4 Å². The van der Waals surface area contributed by atoms with Gasteiger partial charge in [-0.2, -0.15) is 0 Å². The van der Waals surface area contributed by atoms with Crippen LogP contribution in [-0.4, -0.2) is 42.2 Å². The first-order valence-electron chi connectivity index (χ1n) is 6.11. The standard InChI is InChI=1S/C11H18N4O2/c12-14-13-5-10(17)15-6-9(7-16)11(8-15)3-1-2-4-11/h9,16H,1-8H2. The van der Waals surface area contributed by atoms with E-state index in [9.17, 15) is 9.90 Å². The van der Waals surface area contributed by atoms with Gasteiger partial charge in [0.25, 0.3) is 0 Å². The zero-order chi connectivity index (χ0) is 12.3. The van der Waals surface area contributed by atoms with Crippen LogP contribution in [0.1, 0.15) is 25.7 Å². The predicted molar refractivity (Wildman–Crippen MR) is 62.1 cm³/mol. The molecule has 2 rings (SSSR count). The first-order chi connectivity index (χ1) is 8.22. The van der Waals surface area contributed by atoms with Crippen molar-refractivity contribution in [3.8, 4) is 0 Å². The molecule has 94 valence electrons. The Morgan fingerprint density at radius 2 is 2.24 bits per heavy atom. The molecule has 2 aliphatic rings. The van der Waals surface area contributed by atoms with E-state index in [1.54, 1.807) is 4.90 Å². The number of rotatable bonds is 3. The van der Waals surface area contributed by atoms with E-state index in [-0.39, 0.29) is 30.4 Å². The molecule has 6 heteroatoms. The zero-order valence-corrected chi connectivity index (χ0v) is 9.88. The van der Waals surface area contributed by atoms with Gasteiger partial charge in [-0.05, 0) is 23.8 Å². The minimum absolute atomic E-state index is 0.106. The lowest BCUT2D eigenvalue weighted by molar-refractivity contribution is -0.129. The fourth-order valence-electron chi connectivity index (χ4n) is 3.31. The van der Waals surface area contributed by atoms with Crippen LogP contribution in [0.2, 0.25) is 0 Å². The van der Waals surface area contributed by atoms with Crippen LogP contribution in [0.4, 0.5) is 0 Å². The molecule has 1 saturated heterocycles. The molecule has 0 radical (unpaired) electrons. The molecule has 1 spiro atoms.